The molecule has 0 aromatic heterocycles. The van der Waals surface area contributed by atoms with Gasteiger partial charge in [0.05, 0.1) is 20.6 Å². The molecule has 0 aliphatic heterocycles. The molecule has 0 spiro atoms. The van der Waals surface area contributed by atoms with Crippen LogP contribution in [0.5, 0.6) is 0 Å². The summed E-state index contributed by atoms with van der Waals surface area (Å²) < 4.78 is 0.558. The van der Waals surface area contributed by atoms with Crippen molar-refractivity contribution < 1.29 is 22.0 Å². The molecule has 0 aliphatic rings. The van der Waals surface area contributed by atoms with Crippen molar-refractivity contribution in [1.29, 1.82) is 0 Å². The van der Waals surface area contributed by atoms with Crippen molar-refractivity contribution >= 4 is 11.6 Å². The van der Waals surface area contributed by atoms with E-state index in [4.69, 9.17) is 11.6 Å². The van der Waals surface area contributed by atoms with Crippen molar-refractivity contribution in [2.75, 3.05) is 20.6 Å². The molecular weight excluding hydrogens is 197 g/mol. The van der Waals surface area contributed by atoms with Crippen LogP contribution in [0.2, 0.25) is 0 Å². The Kier molecular flexibility index (Phi) is 7.14. The van der Waals surface area contributed by atoms with E-state index in [0.717, 1.165) is 6.54 Å². The van der Waals surface area contributed by atoms with Crippen molar-refractivity contribution in [2.45, 2.75) is 18.5 Å². The zero-order valence-electron chi connectivity index (χ0n) is 7.80. The molecule has 0 saturated carbocycles. The number of nitrogens with zero attached hydrogens (tertiary/aromatic N) is 1. The summed E-state index contributed by atoms with van der Waals surface area (Å²) in [4.78, 5) is 0. The SMILES string of the molecule is C=CC[N+](C)(C)C(Cl)C(C)O.[Cl-]. The fourth-order valence-electron chi connectivity index (χ4n) is 1.02. The van der Waals surface area contributed by atoms with Crippen molar-refractivity contribution in [3.05, 3.63) is 12.7 Å². The lowest BCUT2D eigenvalue weighted by Gasteiger charge is -2.34. The summed E-state index contributed by atoms with van der Waals surface area (Å²) in [5.41, 5.74) is -0.270. The lowest BCUT2D eigenvalue weighted by atomic mass is 10.3. The van der Waals surface area contributed by atoms with Gasteiger partial charge in [-0.2, -0.15) is 0 Å². The maximum Gasteiger partial charge on any atom is 0.190 e. The van der Waals surface area contributed by atoms with Crippen molar-refractivity contribution in [2.24, 2.45) is 0 Å². The molecule has 0 amide bonds. The second-order valence-electron chi connectivity index (χ2n) is 3.36. The van der Waals surface area contributed by atoms with Crippen LogP contribution in [-0.4, -0.2) is 41.8 Å². The summed E-state index contributed by atoms with van der Waals surface area (Å²) in [6, 6.07) is 0. The summed E-state index contributed by atoms with van der Waals surface area (Å²) in [5, 5.41) is 9.20. The third kappa shape index (κ3) is 4.31. The molecule has 0 bridgehead atoms. The maximum atomic E-state index is 9.20. The molecule has 74 valence electrons. The molecule has 0 aliphatic carbocycles. The van der Waals surface area contributed by atoms with Crippen LogP contribution in [0, 0.1) is 0 Å². The van der Waals surface area contributed by atoms with E-state index in [0.29, 0.717) is 4.48 Å². The molecule has 2 atom stereocenters. The van der Waals surface area contributed by atoms with Gasteiger partial charge in [0.2, 0.25) is 0 Å². The first-order chi connectivity index (χ1) is 4.91. The molecule has 0 fully saturated rings. The number of alkyl halides is 1. The zero-order valence-corrected chi connectivity index (χ0v) is 9.31. The van der Waals surface area contributed by atoms with Crippen LogP contribution in [0.25, 0.3) is 0 Å². The predicted octanol–water partition coefficient (Wildman–Crippen LogP) is -1.80. The monoisotopic (exact) mass is 213 g/mol. The normalized spacial score (nSPS) is 16.1. The second-order valence-corrected chi connectivity index (χ2v) is 3.81. The number of hydrogen-bond acceptors (Lipinski definition) is 1. The quantitative estimate of drug-likeness (QED) is 0.253. The van der Waals surface area contributed by atoms with Gasteiger partial charge in [0.15, 0.2) is 5.50 Å². The Bertz CT molecular complexity index is 137. The highest BCUT2D eigenvalue weighted by Crippen LogP contribution is 2.14. The number of aliphatic hydroxyl groups is 1. The first-order valence-electron chi connectivity index (χ1n) is 3.67. The lowest BCUT2D eigenvalue weighted by molar-refractivity contribution is -0.899. The second kappa shape index (κ2) is 5.81. The Balaban J connectivity index is 0. The van der Waals surface area contributed by atoms with Crippen molar-refractivity contribution in [3.8, 4) is 0 Å². The Hall–Kier alpha value is 0.240. The van der Waals surface area contributed by atoms with Crippen LogP contribution in [0.3, 0.4) is 0 Å². The molecule has 0 saturated heterocycles. The van der Waals surface area contributed by atoms with Crippen LogP contribution in [-0.2, 0) is 0 Å². The molecule has 2 unspecified atom stereocenters. The van der Waals surface area contributed by atoms with E-state index in [9.17, 15) is 5.11 Å². The fourth-order valence-corrected chi connectivity index (χ4v) is 1.10. The summed E-state index contributed by atoms with van der Waals surface area (Å²) in [6.07, 6.45) is 1.31. The Morgan fingerprint density at radius 3 is 2.25 bits per heavy atom. The molecule has 0 aromatic rings. The Morgan fingerprint density at radius 2 is 2.00 bits per heavy atom. The Labute approximate surface area is 85.8 Å². The van der Waals surface area contributed by atoms with Gasteiger partial charge in [0.25, 0.3) is 0 Å². The van der Waals surface area contributed by atoms with Gasteiger partial charge in [-0.3, -0.25) is 0 Å². The first kappa shape index (κ1) is 14.7. The molecular formula is C8H17Cl2NO. The minimum Gasteiger partial charge on any atom is -1.00 e. The maximum absolute atomic E-state index is 9.20. The van der Waals surface area contributed by atoms with Gasteiger partial charge in [0.1, 0.15) is 6.10 Å². The van der Waals surface area contributed by atoms with Gasteiger partial charge >= 0.3 is 0 Å². The van der Waals surface area contributed by atoms with Crippen molar-refractivity contribution in [1.82, 2.24) is 0 Å². The van der Waals surface area contributed by atoms with Crippen LogP contribution < -0.4 is 12.4 Å². The summed E-state index contributed by atoms with van der Waals surface area (Å²) >= 11 is 5.96. The van der Waals surface area contributed by atoms with E-state index in [1.54, 1.807) is 13.0 Å². The van der Waals surface area contributed by atoms with Gasteiger partial charge in [-0.15, -0.1) is 0 Å². The molecule has 0 rings (SSSR count). The number of hydrogen-bond donors (Lipinski definition) is 1. The minimum absolute atomic E-state index is 0. The Morgan fingerprint density at radius 1 is 1.58 bits per heavy atom. The molecule has 0 heterocycles. The van der Waals surface area contributed by atoms with Gasteiger partial charge in [-0.25, -0.2) is 0 Å². The van der Waals surface area contributed by atoms with Crippen LogP contribution in [0.1, 0.15) is 6.92 Å². The highest BCUT2D eigenvalue weighted by Gasteiger charge is 2.28. The molecule has 0 radical (unpaired) electrons. The fraction of sp³-hybridized carbons (Fsp3) is 0.750. The number of aliphatic hydroxyl groups excluding tert-OH is 1. The number of likely N-dealkylation sites (N-methyl/N-ethyl adjacent to an activating group) is 1. The lowest BCUT2D eigenvalue weighted by Crippen LogP contribution is -3.00. The zero-order chi connectivity index (χ0) is 9.07. The van der Waals surface area contributed by atoms with E-state index in [1.807, 2.05) is 14.1 Å². The molecule has 4 heteroatoms. The standard InChI is InChI=1S/C8H17ClNO.ClH/c1-5-6-10(3,4)8(9)7(2)11;/h5,7-8,11H,1,6H2,2-4H3;1H/q+1;/p-1. The summed E-state index contributed by atoms with van der Waals surface area (Å²) in [7, 11) is 3.93. The van der Waals surface area contributed by atoms with Gasteiger partial charge in [-0.1, -0.05) is 18.2 Å². The number of quaternary nitrogens is 1. The summed E-state index contributed by atoms with van der Waals surface area (Å²) in [6.45, 7) is 6.09. The van der Waals surface area contributed by atoms with E-state index in [-0.39, 0.29) is 17.9 Å². The summed E-state index contributed by atoms with van der Waals surface area (Å²) in [5.74, 6) is 0. The van der Waals surface area contributed by atoms with Crippen LogP contribution in [0.15, 0.2) is 12.7 Å². The van der Waals surface area contributed by atoms with Crippen LogP contribution in [0.4, 0.5) is 0 Å². The number of rotatable bonds is 4. The topological polar surface area (TPSA) is 20.2 Å². The van der Waals surface area contributed by atoms with Crippen LogP contribution >= 0.6 is 11.6 Å². The van der Waals surface area contributed by atoms with E-state index in [1.165, 1.54) is 0 Å². The highest BCUT2D eigenvalue weighted by molar-refractivity contribution is 6.19. The number of halogens is 2. The molecule has 1 N–H and O–H groups in total. The van der Waals surface area contributed by atoms with Gasteiger partial charge < -0.3 is 22.0 Å². The van der Waals surface area contributed by atoms with E-state index in [2.05, 4.69) is 6.58 Å². The smallest absolute Gasteiger partial charge is 0.190 e. The van der Waals surface area contributed by atoms with Gasteiger partial charge in [0, 0.05) is 0 Å². The third-order valence-electron chi connectivity index (χ3n) is 1.67. The minimum atomic E-state index is -0.494. The average Bonchev–Trinajstić information content (AvgIpc) is 1.86. The van der Waals surface area contributed by atoms with Gasteiger partial charge in [-0.05, 0) is 13.0 Å². The largest absolute Gasteiger partial charge is 1.00 e. The third-order valence-corrected chi connectivity index (χ3v) is 2.56. The first-order valence-corrected chi connectivity index (χ1v) is 4.11. The predicted molar refractivity (Wildman–Crippen MR) is 48.5 cm³/mol. The van der Waals surface area contributed by atoms with E-state index < -0.39 is 6.10 Å². The molecule has 2 nitrogen and oxygen atoms in total. The molecule has 12 heavy (non-hydrogen) atoms. The highest BCUT2D eigenvalue weighted by atomic mass is 35.5. The van der Waals surface area contributed by atoms with Crippen molar-refractivity contribution in [3.63, 3.8) is 0 Å². The average molecular weight is 214 g/mol. The molecule has 0 aromatic carbocycles. The van der Waals surface area contributed by atoms with E-state index >= 15 is 0 Å².